The van der Waals surface area contributed by atoms with Crippen LogP contribution in [-0.2, 0) is 14.3 Å². The number of benzene rings is 2. The van der Waals surface area contributed by atoms with E-state index < -0.39 is 6.10 Å². The number of hydrogen-bond acceptors (Lipinski definition) is 6. The van der Waals surface area contributed by atoms with Crippen molar-refractivity contribution in [2.45, 2.75) is 6.10 Å². The van der Waals surface area contributed by atoms with Crippen molar-refractivity contribution >= 4 is 23.2 Å². The minimum absolute atomic E-state index is 0.0806. The Morgan fingerprint density at radius 2 is 1.83 bits per heavy atom. The first-order valence-electron chi connectivity index (χ1n) is 9.96. The van der Waals surface area contributed by atoms with Gasteiger partial charge in [-0.05, 0) is 24.3 Å². The molecule has 2 heterocycles. The number of rotatable bonds is 5. The van der Waals surface area contributed by atoms with E-state index in [1.165, 1.54) is 0 Å². The normalized spacial score (nSPS) is 18.2. The Morgan fingerprint density at radius 1 is 1.10 bits per heavy atom. The molecular formula is C22H25N3O5. The maximum absolute atomic E-state index is 13.0. The molecule has 8 nitrogen and oxygen atoms in total. The summed E-state index contributed by atoms with van der Waals surface area (Å²) in [5.74, 6) is 0.908. The maximum Gasteiger partial charge on any atom is 0.265 e. The van der Waals surface area contributed by atoms with Crippen molar-refractivity contribution in [1.82, 2.24) is 4.90 Å². The fourth-order valence-electron chi connectivity index (χ4n) is 3.68. The lowest BCUT2D eigenvalue weighted by atomic mass is 10.1. The lowest BCUT2D eigenvalue weighted by Crippen LogP contribution is -2.53. The molecule has 158 valence electrons. The second kappa shape index (κ2) is 9.04. The summed E-state index contributed by atoms with van der Waals surface area (Å²) in [7, 11) is 1.56. The summed E-state index contributed by atoms with van der Waals surface area (Å²) in [6.07, 6.45) is -0.669. The summed E-state index contributed by atoms with van der Waals surface area (Å²) in [4.78, 5) is 29.4. The average Bonchev–Trinajstić information content (AvgIpc) is 2.79. The molecule has 1 N–H and O–H groups in total. The number of para-hydroxylation sites is 4. The summed E-state index contributed by atoms with van der Waals surface area (Å²) in [6, 6.07) is 14.7. The molecule has 8 heteroatoms. The highest BCUT2D eigenvalue weighted by Gasteiger charge is 2.34. The molecule has 1 saturated heterocycles. The number of nitrogens with zero attached hydrogens (tertiary/aromatic N) is 2. The van der Waals surface area contributed by atoms with E-state index >= 15 is 0 Å². The summed E-state index contributed by atoms with van der Waals surface area (Å²) in [6.45, 7) is 2.54. The van der Waals surface area contributed by atoms with Gasteiger partial charge in [0, 0.05) is 13.1 Å². The first-order chi connectivity index (χ1) is 14.7. The molecule has 2 aromatic rings. The molecule has 4 rings (SSSR count). The Hall–Kier alpha value is -3.26. The van der Waals surface area contributed by atoms with Crippen molar-refractivity contribution in [3.63, 3.8) is 0 Å². The molecule has 1 atom stereocenters. The van der Waals surface area contributed by atoms with Gasteiger partial charge in [0.15, 0.2) is 6.10 Å². The number of nitrogens with one attached hydrogen (secondary N) is 1. The Kier molecular flexibility index (Phi) is 6.04. The van der Waals surface area contributed by atoms with Gasteiger partial charge >= 0.3 is 0 Å². The number of methoxy groups -OCH3 is 1. The van der Waals surface area contributed by atoms with E-state index in [-0.39, 0.29) is 18.4 Å². The van der Waals surface area contributed by atoms with Crippen LogP contribution in [-0.4, -0.2) is 69.3 Å². The fourth-order valence-corrected chi connectivity index (χ4v) is 3.68. The molecule has 0 bridgehead atoms. The Bertz CT molecular complexity index is 913. The van der Waals surface area contributed by atoms with Gasteiger partial charge in [-0.3, -0.25) is 9.59 Å². The highest BCUT2D eigenvalue weighted by Crippen LogP contribution is 2.33. The zero-order valence-corrected chi connectivity index (χ0v) is 16.9. The molecule has 30 heavy (non-hydrogen) atoms. The fraction of sp³-hybridized carbons (Fsp3) is 0.364. The van der Waals surface area contributed by atoms with Crippen LogP contribution < -0.4 is 19.7 Å². The van der Waals surface area contributed by atoms with Gasteiger partial charge in [-0.2, -0.15) is 0 Å². The van der Waals surface area contributed by atoms with Crippen LogP contribution in [0.25, 0.3) is 0 Å². The second-order valence-electron chi connectivity index (χ2n) is 7.14. The van der Waals surface area contributed by atoms with Gasteiger partial charge in [-0.15, -0.1) is 0 Å². The minimum atomic E-state index is -0.669. The Labute approximate surface area is 175 Å². The molecule has 0 aliphatic carbocycles. The van der Waals surface area contributed by atoms with Crippen molar-refractivity contribution in [3.8, 4) is 11.5 Å². The van der Waals surface area contributed by atoms with Crippen molar-refractivity contribution in [1.29, 1.82) is 0 Å². The number of carbonyl (C=O) groups is 2. The summed E-state index contributed by atoms with van der Waals surface area (Å²) < 4.78 is 16.6. The van der Waals surface area contributed by atoms with Crippen LogP contribution in [0.2, 0.25) is 0 Å². The number of hydrogen-bond donors (Lipinski definition) is 1. The summed E-state index contributed by atoms with van der Waals surface area (Å²) >= 11 is 0. The number of anilines is 2. The van der Waals surface area contributed by atoms with Gasteiger partial charge in [0.2, 0.25) is 5.91 Å². The molecule has 0 unspecified atom stereocenters. The molecule has 2 aliphatic rings. The molecule has 0 aromatic heterocycles. The largest absolute Gasteiger partial charge is 0.495 e. The molecule has 1 fully saturated rings. The van der Waals surface area contributed by atoms with Gasteiger partial charge in [0.25, 0.3) is 5.91 Å². The molecule has 2 aliphatic heterocycles. The number of ether oxygens (including phenoxy) is 3. The predicted octanol–water partition coefficient (Wildman–Crippen LogP) is 1.76. The first-order valence-corrected chi connectivity index (χ1v) is 9.96. The third-order valence-electron chi connectivity index (χ3n) is 5.18. The standard InChI is InChI=1S/C22H25N3O5/c1-28-18-8-4-2-6-16(18)23-21(26)15-25-14-20(22(27)24-10-12-29-13-11-24)30-19-9-5-3-7-17(19)25/h2-9,20H,10-15H2,1H3,(H,23,26)/t20-/m1/s1. The van der Waals surface area contributed by atoms with Crippen molar-refractivity contribution < 1.29 is 23.8 Å². The van der Waals surface area contributed by atoms with Crippen LogP contribution in [0.4, 0.5) is 11.4 Å². The van der Waals surface area contributed by atoms with Gasteiger partial charge in [-0.25, -0.2) is 0 Å². The van der Waals surface area contributed by atoms with E-state index in [0.717, 1.165) is 5.69 Å². The Morgan fingerprint density at radius 3 is 2.63 bits per heavy atom. The molecule has 2 aromatic carbocycles. The van der Waals surface area contributed by atoms with Crippen LogP contribution >= 0.6 is 0 Å². The number of morpholine rings is 1. The van der Waals surface area contributed by atoms with E-state index in [0.29, 0.717) is 50.0 Å². The zero-order chi connectivity index (χ0) is 20.9. The molecule has 0 saturated carbocycles. The van der Waals surface area contributed by atoms with Crippen molar-refractivity contribution in [3.05, 3.63) is 48.5 Å². The third-order valence-corrected chi connectivity index (χ3v) is 5.18. The lowest BCUT2D eigenvalue weighted by molar-refractivity contribution is -0.142. The second-order valence-corrected chi connectivity index (χ2v) is 7.14. The average molecular weight is 411 g/mol. The van der Waals surface area contributed by atoms with Crippen molar-refractivity contribution in [2.24, 2.45) is 0 Å². The topological polar surface area (TPSA) is 80.3 Å². The molecular weight excluding hydrogens is 386 g/mol. The van der Waals surface area contributed by atoms with Crippen LogP contribution in [0, 0.1) is 0 Å². The molecule has 0 radical (unpaired) electrons. The third kappa shape index (κ3) is 4.33. The Balaban J connectivity index is 1.49. The van der Waals surface area contributed by atoms with E-state index in [4.69, 9.17) is 14.2 Å². The van der Waals surface area contributed by atoms with Crippen LogP contribution in [0.15, 0.2) is 48.5 Å². The van der Waals surface area contributed by atoms with E-state index in [1.54, 1.807) is 24.1 Å². The van der Waals surface area contributed by atoms with E-state index in [2.05, 4.69) is 5.32 Å². The quantitative estimate of drug-likeness (QED) is 0.808. The van der Waals surface area contributed by atoms with Gasteiger partial charge in [0.05, 0.1) is 44.8 Å². The van der Waals surface area contributed by atoms with Crippen LogP contribution in [0.1, 0.15) is 0 Å². The molecule has 0 spiro atoms. The van der Waals surface area contributed by atoms with Crippen molar-refractivity contribution in [2.75, 3.05) is 56.7 Å². The highest BCUT2D eigenvalue weighted by atomic mass is 16.5. The predicted molar refractivity (Wildman–Crippen MR) is 112 cm³/mol. The van der Waals surface area contributed by atoms with Gasteiger partial charge in [-0.1, -0.05) is 24.3 Å². The van der Waals surface area contributed by atoms with Crippen LogP contribution in [0.5, 0.6) is 11.5 Å². The minimum Gasteiger partial charge on any atom is -0.495 e. The highest BCUT2D eigenvalue weighted by molar-refractivity contribution is 5.96. The zero-order valence-electron chi connectivity index (χ0n) is 16.9. The molecule has 2 amide bonds. The number of fused-ring (bicyclic) bond motifs is 1. The number of carbonyl (C=O) groups excluding carboxylic acids is 2. The SMILES string of the molecule is COc1ccccc1NC(=O)CN1C[C@H](C(=O)N2CCOCC2)Oc2ccccc21. The smallest absolute Gasteiger partial charge is 0.265 e. The number of amides is 2. The van der Waals surface area contributed by atoms with E-state index in [9.17, 15) is 9.59 Å². The van der Waals surface area contributed by atoms with Gasteiger partial charge < -0.3 is 29.3 Å². The van der Waals surface area contributed by atoms with Crippen LogP contribution in [0.3, 0.4) is 0 Å². The summed E-state index contributed by atoms with van der Waals surface area (Å²) in [5, 5.41) is 2.89. The monoisotopic (exact) mass is 411 g/mol. The lowest BCUT2D eigenvalue weighted by Gasteiger charge is -2.38. The van der Waals surface area contributed by atoms with E-state index in [1.807, 2.05) is 41.3 Å². The summed E-state index contributed by atoms with van der Waals surface area (Å²) in [5.41, 5.74) is 1.39. The maximum atomic E-state index is 13.0. The first kappa shape index (κ1) is 20.0. The van der Waals surface area contributed by atoms with Gasteiger partial charge in [0.1, 0.15) is 11.5 Å².